The van der Waals surface area contributed by atoms with Gasteiger partial charge in [-0.3, -0.25) is 86.7 Å². The number of guanidine groups is 2. The summed E-state index contributed by atoms with van der Waals surface area (Å²) < 4.78 is 0. The van der Waals surface area contributed by atoms with Crippen LogP contribution in [-0.4, -0.2) is 256 Å². The number of carbonyl (C=O) groups is 16. The first-order valence-corrected chi connectivity index (χ1v) is 42.7. The summed E-state index contributed by atoms with van der Waals surface area (Å²) in [6, 6.07) is -11.6. The van der Waals surface area contributed by atoms with E-state index in [1.807, 2.05) is 0 Å². The molecule has 2 aromatic rings. The number of thioether (sulfide) groups is 1. The minimum absolute atomic E-state index is 0.0144. The van der Waals surface area contributed by atoms with Crippen LogP contribution < -0.4 is 115 Å². The number of primary amides is 1. The highest BCUT2D eigenvalue weighted by Gasteiger charge is 2.40. The first kappa shape index (κ1) is 108. The molecule has 0 bridgehead atoms. The van der Waals surface area contributed by atoms with Gasteiger partial charge in [-0.05, 0) is 132 Å². The van der Waals surface area contributed by atoms with E-state index in [1.54, 1.807) is 92.0 Å². The quantitative estimate of drug-likeness (QED) is 0.0167. The van der Waals surface area contributed by atoms with Crippen LogP contribution in [0.5, 0.6) is 0 Å². The van der Waals surface area contributed by atoms with Crippen molar-refractivity contribution in [1.82, 2.24) is 84.4 Å². The number of aromatic nitrogens is 2. The van der Waals surface area contributed by atoms with Gasteiger partial charge in [0, 0.05) is 37.8 Å². The van der Waals surface area contributed by atoms with E-state index in [1.165, 1.54) is 45.1 Å². The van der Waals surface area contributed by atoms with Gasteiger partial charge in [0.2, 0.25) is 88.6 Å². The Balaban J connectivity index is 2.59. The molecule has 44 heteroatoms. The fourth-order valence-electron chi connectivity index (χ4n) is 12.3. The third-order valence-electron chi connectivity index (χ3n) is 19.5. The molecule has 1 heterocycles. The van der Waals surface area contributed by atoms with E-state index in [4.69, 9.17) is 40.1 Å². The van der Waals surface area contributed by atoms with E-state index < -0.39 is 210 Å². The average molecular weight is 1760 g/mol. The maximum absolute atomic E-state index is 14.8. The SMILES string of the molecule is CC[C@H](C)[C@H](NC(=O)[C@H](CC(N)=O)NC(=O)[C@@H](NC(=O)[C@H](Cc1cnc[nH]1)NC(=O)[C@H](CCCN=C(N)N)NC(=O)[C@@H](NC(=O)[C@H](CCCCN)NC(=O)[C@H](CCCN=C(N)N)NC(=O)[C@H](C)NC(=O)[C@@H](N)C(C)C)[C@@H](C)O)C(C)C)C(=O)N[C@@H](CC(C)C)C(=O)N[C@@H](CC(C)C)C(=O)N[C@@H](Cc1ccccc1)C(=O)N[C@@H](CCSC)C(=O)NCC(=O)O. The average Bonchev–Trinajstić information content (AvgIpc) is 1.54. The number of H-pyrrole nitrogens is 1. The largest absolute Gasteiger partial charge is 0.480 e. The van der Waals surface area contributed by atoms with Crippen LogP contribution in [0.1, 0.15) is 171 Å². The number of aliphatic hydroxyl groups is 1. The lowest BCUT2D eigenvalue weighted by Gasteiger charge is -2.31. The molecule has 0 saturated heterocycles. The molecule has 690 valence electrons. The number of rotatable bonds is 59. The van der Waals surface area contributed by atoms with Gasteiger partial charge in [0.25, 0.3) is 0 Å². The summed E-state index contributed by atoms with van der Waals surface area (Å²) in [7, 11) is 0. The monoisotopic (exact) mass is 1750 g/mol. The first-order valence-electron chi connectivity index (χ1n) is 41.3. The Hall–Kier alpha value is -11.3. The number of aliphatic hydroxyl groups excluding tert-OH is 1. The molecule has 1 aromatic carbocycles. The highest BCUT2D eigenvalue weighted by molar-refractivity contribution is 7.98. The van der Waals surface area contributed by atoms with E-state index in [0.717, 1.165) is 6.92 Å². The highest BCUT2D eigenvalue weighted by Crippen LogP contribution is 2.17. The molecule has 0 saturated carbocycles. The number of carboxylic acid groups (broad SMARTS) is 1. The summed E-state index contributed by atoms with van der Waals surface area (Å²) >= 11 is 1.38. The fourth-order valence-corrected chi connectivity index (χ4v) is 12.8. The molecule has 0 spiro atoms. The van der Waals surface area contributed by atoms with Crippen molar-refractivity contribution in [3.63, 3.8) is 0 Å². The molecule has 0 radical (unpaired) electrons. The van der Waals surface area contributed by atoms with E-state index in [-0.39, 0.29) is 132 Å². The number of benzene rings is 1. The predicted molar refractivity (Wildman–Crippen MR) is 461 cm³/mol. The van der Waals surface area contributed by atoms with Crippen LogP contribution in [0.4, 0.5) is 0 Å². The van der Waals surface area contributed by atoms with Crippen LogP contribution in [0.15, 0.2) is 52.8 Å². The molecular weight excluding hydrogens is 1620 g/mol. The number of nitrogens with zero attached hydrogens (tertiary/aromatic N) is 3. The smallest absolute Gasteiger partial charge is 0.322 e. The molecule has 0 fully saturated rings. The third kappa shape index (κ3) is 41.4. The number of nitrogens with two attached hydrogens (primary N) is 7. The first-order chi connectivity index (χ1) is 57.8. The molecule has 0 aliphatic carbocycles. The number of carboxylic acids is 1. The maximum atomic E-state index is 14.8. The highest BCUT2D eigenvalue weighted by atomic mass is 32.2. The second-order valence-corrected chi connectivity index (χ2v) is 32.8. The van der Waals surface area contributed by atoms with Crippen molar-refractivity contribution in [1.29, 1.82) is 0 Å². The Morgan fingerprint density at radius 1 is 0.463 bits per heavy atom. The number of aromatic amines is 1. The van der Waals surface area contributed by atoms with Crippen LogP contribution in [0.3, 0.4) is 0 Å². The van der Waals surface area contributed by atoms with Gasteiger partial charge in [-0.1, -0.05) is 106 Å². The summed E-state index contributed by atoms with van der Waals surface area (Å²) in [6.07, 6.45) is 1.99. The lowest BCUT2D eigenvalue weighted by Crippen LogP contribution is -2.63. The molecule has 15 amide bonds. The van der Waals surface area contributed by atoms with Crippen LogP contribution in [0.25, 0.3) is 0 Å². The fraction of sp³-hybridized carbons (Fsp3) is 0.658. The van der Waals surface area contributed by atoms with Crippen molar-refractivity contribution in [2.75, 3.05) is 38.2 Å². The van der Waals surface area contributed by atoms with Crippen molar-refractivity contribution in [2.24, 2.45) is 79.7 Å². The molecule has 1 aromatic heterocycles. The number of amides is 15. The molecule has 31 N–H and O–H groups in total. The van der Waals surface area contributed by atoms with Crippen LogP contribution in [0, 0.1) is 29.6 Å². The molecule has 16 atom stereocenters. The Morgan fingerprint density at radius 3 is 1.34 bits per heavy atom. The number of imidazole rings is 1. The standard InChI is InChI=1S/C79H135N25O18S/c1-14-44(10)62(76(121)100-54(33-41(4)5)70(115)97-53(32-40(2)3)69(114)98-55(34-47-22-16-15-17-23-47)71(116)95-52(27-31-123-13)65(110)90-38-59(107)108)103-73(118)57(36-58(81)106)101-75(120)61(43(8)9)102-72(117)56(35-48-37-87-39-91-48)99-67(112)51(26-21-30-89-79(85)86)96-77(122)63(46(12)105)104-68(113)49(24-18-19-28-80)94-66(111)50(25-20-29-88-78(83)84)93-64(109)45(11)92-74(119)60(82)42(6)7/h15-17,22-23,37,39-46,49-57,60-63,105H,14,18-21,24-36,38,80,82H2,1-13H3,(H2,81,106)(H,87,91)(H,90,110)(H,92,119)(H,93,109)(H,94,111)(H,95,116)(H,96,122)(H,97,115)(H,98,114)(H,99,112)(H,100,121)(H,101,120)(H,102,117)(H,103,118)(H,104,113)(H,107,108)(H4,83,84,88)(H4,85,86,89)/t44-,45-,46+,49-,50-,51-,52-,53-,54-,55-,56-,57-,60-,61-,62-,63-/m0/s1. The van der Waals surface area contributed by atoms with Gasteiger partial charge in [-0.25, -0.2) is 4.98 Å². The maximum Gasteiger partial charge on any atom is 0.322 e. The summed E-state index contributed by atoms with van der Waals surface area (Å²) in [4.78, 5) is 239. The van der Waals surface area contributed by atoms with Gasteiger partial charge in [0.05, 0.1) is 24.9 Å². The van der Waals surface area contributed by atoms with Crippen molar-refractivity contribution in [3.8, 4) is 0 Å². The number of hydrogen-bond acceptors (Lipinski definition) is 23. The lowest BCUT2D eigenvalue weighted by molar-refractivity contribution is -0.138. The molecule has 0 aliphatic heterocycles. The van der Waals surface area contributed by atoms with E-state index in [2.05, 4.69) is 94.4 Å². The van der Waals surface area contributed by atoms with Gasteiger partial charge in [-0.15, -0.1) is 0 Å². The number of nitrogens with one attached hydrogen (secondary N) is 15. The van der Waals surface area contributed by atoms with E-state index in [0.29, 0.717) is 17.7 Å². The predicted octanol–water partition coefficient (Wildman–Crippen LogP) is -5.26. The van der Waals surface area contributed by atoms with E-state index in [9.17, 15) is 86.9 Å². The van der Waals surface area contributed by atoms with Crippen LogP contribution in [0.2, 0.25) is 0 Å². The molecule has 0 aliphatic rings. The number of aliphatic imine (C=N–C) groups is 2. The molecule has 123 heavy (non-hydrogen) atoms. The summed E-state index contributed by atoms with van der Waals surface area (Å²) in [5.74, 6) is -17.7. The summed E-state index contributed by atoms with van der Waals surface area (Å²) in [5.41, 5.74) is 40.6. The van der Waals surface area contributed by atoms with Gasteiger partial charge in [0.15, 0.2) is 11.9 Å². The van der Waals surface area contributed by atoms with Crippen molar-refractivity contribution in [2.45, 2.75) is 264 Å². The number of carbonyl (C=O) groups excluding carboxylic acids is 15. The minimum Gasteiger partial charge on any atom is -0.480 e. The lowest BCUT2D eigenvalue weighted by atomic mass is 9.95. The van der Waals surface area contributed by atoms with Crippen molar-refractivity contribution < 1.29 is 86.9 Å². The van der Waals surface area contributed by atoms with Gasteiger partial charge < -0.3 is 130 Å². The third-order valence-corrected chi connectivity index (χ3v) is 20.2. The second-order valence-electron chi connectivity index (χ2n) is 31.9. The zero-order chi connectivity index (χ0) is 92.9. The Bertz CT molecular complexity index is 3830. The Labute approximate surface area is 722 Å². The zero-order valence-corrected chi connectivity index (χ0v) is 73.6. The Kier molecular flexibility index (Phi) is 49.4. The summed E-state index contributed by atoms with van der Waals surface area (Å²) in [5, 5.41) is 56.6. The number of hydrogen-bond donors (Lipinski definition) is 24. The minimum atomic E-state index is -1.87. The topological polar surface area (TPSA) is 718 Å². The zero-order valence-electron chi connectivity index (χ0n) is 72.7. The number of unbranched alkanes of at least 4 members (excludes halogenated alkanes) is 1. The van der Waals surface area contributed by atoms with Crippen LogP contribution in [-0.2, 0) is 89.6 Å². The van der Waals surface area contributed by atoms with Gasteiger partial charge in [0.1, 0.15) is 85.1 Å². The van der Waals surface area contributed by atoms with Gasteiger partial charge >= 0.3 is 5.97 Å². The molecule has 0 unspecified atom stereocenters. The summed E-state index contributed by atoms with van der Waals surface area (Å²) in [6.45, 7) is 18.8. The Morgan fingerprint density at radius 2 is 0.878 bits per heavy atom. The van der Waals surface area contributed by atoms with Crippen molar-refractivity contribution in [3.05, 3.63) is 54.1 Å². The normalized spacial score (nSPS) is 15.2. The van der Waals surface area contributed by atoms with Gasteiger partial charge in [-0.2, -0.15) is 11.8 Å². The second kappa shape index (κ2) is 56.4. The number of aliphatic carboxylic acids is 1. The van der Waals surface area contributed by atoms with Crippen LogP contribution >= 0.6 is 11.8 Å². The molecule has 2 rings (SSSR count). The molecule has 43 nitrogen and oxygen atoms in total. The van der Waals surface area contributed by atoms with E-state index >= 15 is 0 Å². The molecular formula is C79H135N25O18S. The van der Waals surface area contributed by atoms with Crippen molar-refractivity contribution >= 4 is 118 Å².